The third-order valence-electron chi connectivity index (χ3n) is 3.97. The van der Waals surface area contributed by atoms with Gasteiger partial charge in [-0.2, -0.15) is 0 Å². The Kier molecular flexibility index (Phi) is 3.27. The van der Waals surface area contributed by atoms with Crippen LogP contribution in [0.4, 0.5) is 5.82 Å². The van der Waals surface area contributed by atoms with E-state index in [0.717, 1.165) is 30.7 Å². The second-order valence-corrected chi connectivity index (χ2v) is 6.38. The second kappa shape index (κ2) is 4.98. The van der Waals surface area contributed by atoms with E-state index in [2.05, 4.69) is 28.7 Å². The van der Waals surface area contributed by atoms with Gasteiger partial charge in [0.1, 0.15) is 5.82 Å². The number of aromatic nitrogens is 2. The number of rotatable bonds is 2. The molecule has 0 unspecified atom stereocenters. The van der Waals surface area contributed by atoms with E-state index in [1.54, 1.807) is 0 Å². The van der Waals surface area contributed by atoms with Crippen LogP contribution in [0.5, 0.6) is 0 Å². The van der Waals surface area contributed by atoms with Crippen LogP contribution in [-0.4, -0.2) is 34.1 Å². The van der Waals surface area contributed by atoms with E-state index in [4.69, 9.17) is 0 Å². The van der Waals surface area contributed by atoms with Crippen LogP contribution >= 0.6 is 0 Å². The van der Waals surface area contributed by atoms with E-state index in [9.17, 15) is 9.90 Å². The molecule has 110 valence electrons. The fourth-order valence-corrected chi connectivity index (χ4v) is 3.00. The van der Waals surface area contributed by atoms with Gasteiger partial charge in [0.05, 0.1) is 5.52 Å². The highest BCUT2D eigenvalue weighted by atomic mass is 16.4. The molecule has 0 atom stereocenters. The Morgan fingerprint density at radius 2 is 2.05 bits per heavy atom. The molecule has 0 radical (unpaired) electrons. The summed E-state index contributed by atoms with van der Waals surface area (Å²) in [5, 5.41) is 10.1. The number of piperidine rings is 1. The molecule has 1 aromatic carbocycles. The molecule has 1 aliphatic rings. The van der Waals surface area contributed by atoms with E-state index in [-0.39, 0.29) is 11.2 Å². The molecule has 5 nitrogen and oxygen atoms in total. The fourth-order valence-electron chi connectivity index (χ4n) is 3.00. The molecular weight excluding hydrogens is 266 g/mol. The first-order valence-corrected chi connectivity index (χ1v) is 7.21. The number of carboxylic acid groups (broad SMARTS) is 1. The highest BCUT2D eigenvalue weighted by Crippen LogP contribution is 2.33. The van der Waals surface area contributed by atoms with E-state index < -0.39 is 5.97 Å². The lowest BCUT2D eigenvalue weighted by Gasteiger charge is -2.39. The van der Waals surface area contributed by atoms with Gasteiger partial charge in [0, 0.05) is 18.5 Å². The number of hydrogen-bond acceptors (Lipinski definition) is 4. The Hall–Kier alpha value is -2.17. The number of carbonyl (C=O) groups is 1. The van der Waals surface area contributed by atoms with E-state index in [1.807, 2.05) is 24.3 Å². The van der Waals surface area contributed by atoms with E-state index in [0.29, 0.717) is 5.52 Å². The average molecular weight is 285 g/mol. The van der Waals surface area contributed by atoms with Crippen LogP contribution in [0.1, 0.15) is 37.3 Å². The molecule has 1 saturated heterocycles. The Morgan fingerprint density at radius 3 is 2.76 bits per heavy atom. The summed E-state index contributed by atoms with van der Waals surface area (Å²) in [5.41, 5.74) is 0.900. The standard InChI is InChI=1S/C16H19N3O2/c1-16(2)8-5-9-19(10-16)14-11-6-3-4-7-12(11)17-13(18-14)15(20)21/h3-4,6-7H,5,8-10H2,1-2H3,(H,20,21). The minimum atomic E-state index is -1.08. The van der Waals surface area contributed by atoms with Crippen LogP contribution in [0.3, 0.4) is 0 Å². The molecule has 1 aliphatic heterocycles. The van der Waals surface area contributed by atoms with Crippen molar-refractivity contribution in [3.05, 3.63) is 30.1 Å². The van der Waals surface area contributed by atoms with Gasteiger partial charge in [-0.15, -0.1) is 0 Å². The molecule has 5 heteroatoms. The summed E-state index contributed by atoms with van der Waals surface area (Å²) in [7, 11) is 0. The van der Waals surface area contributed by atoms with Crippen molar-refractivity contribution >= 4 is 22.7 Å². The number of nitrogens with zero attached hydrogens (tertiary/aromatic N) is 3. The van der Waals surface area contributed by atoms with Crippen molar-refractivity contribution in [1.82, 2.24) is 9.97 Å². The molecule has 0 aliphatic carbocycles. The number of para-hydroxylation sites is 1. The Balaban J connectivity index is 2.13. The molecule has 3 rings (SSSR count). The summed E-state index contributed by atoms with van der Waals surface area (Å²) in [6.45, 7) is 6.26. The molecule has 0 bridgehead atoms. The predicted octanol–water partition coefficient (Wildman–Crippen LogP) is 2.95. The summed E-state index contributed by atoms with van der Waals surface area (Å²) in [6.07, 6.45) is 2.27. The fraction of sp³-hybridized carbons (Fsp3) is 0.438. The molecule has 0 amide bonds. The maximum Gasteiger partial charge on any atom is 0.374 e. The lowest BCUT2D eigenvalue weighted by atomic mass is 9.84. The van der Waals surface area contributed by atoms with Crippen molar-refractivity contribution < 1.29 is 9.90 Å². The topological polar surface area (TPSA) is 66.3 Å². The molecule has 21 heavy (non-hydrogen) atoms. The number of carboxylic acids is 1. The molecule has 2 aromatic rings. The molecule has 1 aromatic heterocycles. The number of benzene rings is 1. The summed E-state index contributed by atoms with van der Waals surface area (Å²) >= 11 is 0. The van der Waals surface area contributed by atoms with Gasteiger partial charge in [0.25, 0.3) is 0 Å². The molecule has 1 fully saturated rings. The minimum Gasteiger partial charge on any atom is -0.475 e. The lowest BCUT2D eigenvalue weighted by Crippen LogP contribution is -2.40. The first-order chi connectivity index (χ1) is 9.96. The lowest BCUT2D eigenvalue weighted by molar-refractivity contribution is 0.0684. The van der Waals surface area contributed by atoms with Crippen molar-refractivity contribution in [3.8, 4) is 0 Å². The third-order valence-corrected chi connectivity index (χ3v) is 3.97. The third kappa shape index (κ3) is 2.68. The highest BCUT2D eigenvalue weighted by molar-refractivity contribution is 5.93. The second-order valence-electron chi connectivity index (χ2n) is 6.38. The maximum atomic E-state index is 11.3. The summed E-state index contributed by atoms with van der Waals surface area (Å²) in [6, 6.07) is 7.59. The SMILES string of the molecule is CC1(C)CCCN(c2nc(C(=O)O)nc3ccccc23)C1. The minimum absolute atomic E-state index is 0.132. The van der Waals surface area contributed by atoms with Gasteiger partial charge in [-0.25, -0.2) is 14.8 Å². The highest BCUT2D eigenvalue weighted by Gasteiger charge is 2.28. The first kappa shape index (κ1) is 13.8. The summed E-state index contributed by atoms with van der Waals surface area (Å²) < 4.78 is 0. The molecule has 0 spiro atoms. The Bertz CT molecular complexity index is 697. The normalized spacial score (nSPS) is 17.9. The smallest absolute Gasteiger partial charge is 0.374 e. The van der Waals surface area contributed by atoms with Crippen molar-refractivity contribution in [2.24, 2.45) is 5.41 Å². The number of hydrogen-bond donors (Lipinski definition) is 1. The zero-order chi connectivity index (χ0) is 15.0. The van der Waals surface area contributed by atoms with Crippen molar-refractivity contribution in [3.63, 3.8) is 0 Å². The first-order valence-electron chi connectivity index (χ1n) is 7.21. The largest absolute Gasteiger partial charge is 0.475 e. The number of aromatic carboxylic acids is 1. The predicted molar refractivity (Wildman–Crippen MR) is 81.7 cm³/mol. The zero-order valence-electron chi connectivity index (χ0n) is 12.3. The Morgan fingerprint density at radius 1 is 1.29 bits per heavy atom. The van der Waals surface area contributed by atoms with E-state index in [1.165, 1.54) is 6.42 Å². The number of anilines is 1. The zero-order valence-corrected chi connectivity index (χ0v) is 12.3. The van der Waals surface area contributed by atoms with Crippen LogP contribution in [0.2, 0.25) is 0 Å². The van der Waals surface area contributed by atoms with Crippen LogP contribution < -0.4 is 4.90 Å². The van der Waals surface area contributed by atoms with Gasteiger partial charge >= 0.3 is 5.97 Å². The van der Waals surface area contributed by atoms with Crippen molar-refractivity contribution in [1.29, 1.82) is 0 Å². The van der Waals surface area contributed by atoms with Gasteiger partial charge in [-0.1, -0.05) is 26.0 Å². The Labute approximate surface area is 123 Å². The van der Waals surface area contributed by atoms with Crippen LogP contribution in [0.25, 0.3) is 10.9 Å². The quantitative estimate of drug-likeness (QED) is 0.919. The van der Waals surface area contributed by atoms with Gasteiger partial charge < -0.3 is 10.0 Å². The van der Waals surface area contributed by atoms with Crippen molar-refractivity contribution in [2.75, 3.05) is 18.0 Å². The number of fused-ring (bicyclic) bond motifs is 1. The van der Waals surface area contributed by atoms with Crippen LogP contribution in [0, 0.1) is 5.41 Å². The average Bonchev–Trinajstić information content (AvgIpc) is 2.45. The van der Waals surface area contributed by atoms with Gasteiger partial charge in [0.2, 0.25) is 5.82 Å². The van der Waals surface area contributed by atoms with E-state index >= 15 is 0 Å². The van der Waals surface area contributed by atoms with Gasteiger partial charge in [-0.3, -0.25) is 0 Å². The van der Waals surface area contributed by atoms with Crippen LogP contribution in [0.15, 0.2) is 24.3 Å². The maximum absolute atomic E-state index is 11.3. The molecule has 0 saturated carbocycles. The molecule has 2 heterocycles. The molecule has 1 N–H and O–H groups in total. The van der Waals surface area contributed by atoms with Gasteiger partial charge in [0.15, 0.2) is 0 Å². The molecular formula is C16H19N3O2. The summed E-state index contributed by atoms with van der Waals surface area (Å²) in [4.78, 5) is 21.9. The monoisotopic (exact) mass is 285 g/mol. The van der Waals surface area contributed by atoms with Gasteiger partial charge in [-0.05, 0) is 30.4 Å². The van der Waals surface area contributed by atoms with Crippen LogP contribution in [-0.2, 0) is 0 Å². The summed E-state index contributed by atoms with van der Waals surface area (Å²) in [5.74, 6) is -0.476. The van der Waals surface area contributed by atoms with Crippen molar-refractivity contribution in [2.45, 2.75) is 26.7 Å².